The molecule has 5 aromatic rings. The van der Waals surface area contributed by atoms with E-state index in [0.717, 1.165) is 33.3 Å². The first-order chi connectivity index (χ1) is 18.6. The first kappa shape index (κ1) is 25.1. The van der Waals surface area contributed by atoms with Crippen LogP contribution in [-0.4, -0.2) is 33.0 Å². The van der Waals surface area contributed by atoms with Crippen molar-refractivity contribution in [1.29, 1.82) is 0 Å². The molecule has 4 aromatic carbocycles. The van der Waals surface area contributed by atoms with Crippen LogP contribution in [0.25, 0.3) is 33.5 Å². The highest BCUT2D eigenvalue weighted by atomic mass is 32.2. The Kier molecular flexibility index (Phi) is 7.70. The standard InChI is InChI=1S/C30H27N5O2S/c1-3-37-27-17-15-26(16-18-27)35-29(23-10-5-4-6-11-23)33-34-30(35)38-20-28(36)32-31-21(2)24-14-13-22-9-7-8-12-25(22)19-24/h4-19,31H,2-3,20H2,1H3,(H,32,36). The van der Waals surface area contributed by atoms with Crippen LogP contribution in [0.1, 0.15) is 12.5 Å². The number of ether oxygens (including phenoxy) is 1. The molecule has 0 spiro atoms. The van der Waals surface area contributed by atoms with Crippen LogP contribution in [0.5, 0.6) is 5.75 Å². The summed E-state index contributed by atoms with van der Waals surface area (Å²) in [5.74, 6) is 1.42. The van der Waals surface area contributed by atoms with E-state index in [2.05, 4.69) is 33.7 Å². The molecule has 0 saturated carbocycles. The summed E-state index contributed by atoms with van der Waals surface area (Å²) in [5, 5.41) is 11.7. The molecule has 0 fully saturated rings. The van der Waals surface area contributed by atoms with Crippen LogP contribution >= 0.6 is 11.8 Å². The van der Waals surface area contributed by atoms with Crippen molar-refractivity contribution >= 4 is 34.1 Å². The predicted octanol–water partition coefficient (Wildman–Crippen LogP) is 5.87. The fourth-order valence-electron chi connectivity index (χ4n) is 3.99. The van der Waals surface area contributed by atoms with Crippen LogP contribution in [0.4, 0.5) is 0 Å². The summed E-state index contributed by atoms with van der Waals surface area (Å²) < 4.78 is 7.54. The number of hydrogen-bond donors (Lipinski definition) is 2. The maximum atomic E-state index is 12.7. The minimum atomic E-state index is -0.209. The lowest BCUT2D eigenvalue weighted by atomic mass is 10.1. The van der Waals surface area contributed by atoms with Gasteiger partial charge < -0.3 is 4.74 Å². The number of rotatable bonds is 10. The zero-order valence-electron chi connectivity index (χ0n) is 20.9. The maximum absolute atomic E-state index is 12.7. The van der Waals surface area contributed by atoms with E-state index in [1.807, 2.05) is 102 Å². The van der Waals surface area contributed by atoms with Gasteiger partial charge in [-0.15, -0.1) is 10.2 Å². The number of nitrogens with one attached hydrogen (secondary N) is 2. The van der Waals surface area contributed by atoms with Gasteiger partial charge in [-0.2, -0.15) is 0 Å². The summed E-state index contributed by atoms with van der Waals surface area (Å²) in [6.07, 6.45) is 0. The van der Waals surface area contributed by atoms with Crippen molar-refractivity contribution in [3.05, 3.63) is 109 Å². The Morgan fingerprint density at radius 1 is 0.895 bits per heavy atom. The summed E-state index contributed by atoms with van der Waals surface area (Å²) >= 11 is 1.31. The van der Waals surface area contributed by atoms with Gasteiger partial charge in [0.05, 0.1) is 18.1 Å². The van der Waals surface area contributed by atoms with E-state index < -0.39 is 0 Å². The molecule has 7 nitrogen and oxygen atoms in total. The number of benzene rings is 4. The number of carbonyl (C=O) groups excluding carboxylic acids is 1. The lowest BCUT2D eigenvalue weighted by molar-refractivity contribution is -0.119. The van der Waals surface area contributed by atoms with Crippen LogP contribution in [-0.2, 0) is 4.79 Å². The number of hydrazine groups is 1. The summed E-state index contributed by atoms with van der Waals surface area (Å²) in [5.41, 5.74) is 8.98. The van der Waals surface area contributed by atoms with Crippen LogP contribution in [0.3, 0.4) is 0 Å². The number of aromatic nitrogens is 3. The van der Waals surface area contributed by atoms with Gasteiger partial charge in [0.2, 0.25) is 5.91 Å². The van der Waals surface area contributed by atoms with Crippen molar-refractivity contribution in [1.82, 2.24) is 25.6 Å². The van der Waals surface area contributed by atoms with E-state index in [0.29, 0.717) is 23.3 Å². The fourth-order valence-corrected chi connectivity index (χ4v) is 4.74. The minimum Gasteiger partial charge on any atom is -0.494 e. The van der Waals surface area contributed by atoms with Gasteiger partial charge in [-0.1, -0.05) is 85.1 Å². The topological polar surface area (TPSA) is 81.1 Å². The van der Waals surface area contributed by atoms with Crippen LogP contribution < -0.4 is 15.6 Å². The number of amides is 1. The average Bonchev–Trinajstić information content (AvgIpc) is 3.39. The lowest BCUT2D eigenvalue weighted by Crippen LogP contribution is -2.37. The quantitative estimate of drug-likeness (QED) is 0.177. The Morgan fingerprint density at radius 3 is 2.39 bits per heavy atom. The molecule has 2 N–H and O–H groups in total. The van der Waals surface area contributed by atoms with Gasteiger partial charge in [0, 0.05) is 11.3 Å². The number of fused-ring (bicyclic) bond motifs is 1. The highest BCUT2D eigenvalue weighted by Crippen LogP contribution is 2.29. The third-order valence-corrected chi connectivity index (χ3v) is 6.78. The molecule has 0 unspecified atom stereocenters. The number of hydrogen-bond acceptors (Lipinski definition) is 6. The van der Waals surface area contributed by atoms with E-state index in [9.17, 15) is 4.79 Å². The van der Waals surface area contributed by atoms with Crippen LogP contribution in [0, 0.1) is 0 Å². The Morgan fingerprint density at radius 2 is 1.63 bits per heavy atom. The molecule has 1 heterocycles. The number of thioether (sulfide) groups is 1. The largest absolute Gasteiger partial charge is 0.494 e. The second kappa shape index (κ2) is 11.7. The molecule has 1 amide bonds. The molecule has 0 aliphatic heterocycles. The van der Waals surface area contributed by atoms with Crippen LogP contribution in [0.2, 0.25) is 0 Å². The summed E-state index contributed by atoms with van der Waals surface area (Å²) in [4.78, 5) is 12.7. The molecule has 0 bridgehead atoms. The Labute approximate surface area is 225 Å². The molecular weight excluding hydrogens is 494 g/mol. The smallest absolute Gasteiger partial charge is 0.248 e. The van der Waals surface area contributed by atoms with Crippen molar-refractivity contribution < 1.29 is 9.53 Å². The highest BCUT2D eigenvalue weighted by Gasteiger charge is 2.17. The molecule has 0 radical (unpaired) electrons. The van der Waals surface area contributed by atoms with E-state index >= 15 is 0 Å². The van der Waals surface area contributed by atoms with Crippen molar-refractivity contribution in [2.24, 2.45) is 0 Å². The Balaban J connectivity index is 1.28. The van der Waals surface area contributed by atoms with Crippen molar-refractivity contribution in [3.63, 3.8) is 0 Å². The summed E-state index contributed by atoms with van der Waals surface area (Å²) in [6, 6.07) is 31.7. The molecule has 0 atom stereocenters. The van der Waals surface area contributed by atoms with Gasteiger partial charge >= 0.3 is 0 Å². The van der Waals surface area contributed by atoms with E-state index in [1.165, 1.54) is 11.8 Å². The molecule has 8 heteroatoms. The Hall–Kier alpha value is -4.56. The molecule has 1 aromatic heterocycles. The number of nitrogens with zero attached hydrogens (tertiary/aromatic N) is 3. The van der Waals surface area contributed by atoms with Gasteiger partial charge in [0.25, 0.3) is 0 Å². The molecule has 0 aliphatic carbocycles. The predicted molar refractivity (Wildman–Crippen MR) is 153 cm³/mol. The first-order valence-corrected chi connectivity index (χ1v) is 13.2. The zero-order valence-corrected chi connectivity index (χ0v) is 21.7. The lowest BCUT2D eigenvalue weighted by Gasteiger charge is -2.13. The van der Waals surface area contributed by atoms with E-state index in [1.54, 1.807) is 0 Å². The summed E-state index contributed by atoms with van der Waals surface area (Å²) in [6.45, 7) is 6.61. The molecular formula is C30H27N5O2S. The second-order valence-corrected chi connectivity index (χ2v) is 9.38. The Bertz CT molecular complexity index is 1570. The van der Waals surface area contributed by atoms with Crippen molar-refractivity contribution in [3.8, 4) is 22.8 Å². The molecule has 0 saturated heterocycles. The number of carbonyl (C=O) groups is 1. The molecule has 190 valence electrons. The van der Waals surface area contributed by atoms with Gasteiger partial charge in [-0.3, -0.25) is 20.2 Å². The van der Waals surface area contributed by atoms with Crippen molar-refractivity contribution in [2.45, 2.75) is 12.1 Å². The third-order valence-electron chi connectivity index (χ3n) is 5.85. The van der Waals surface area contributed by atoms with E-state index in [4.69, 9.17) is 4.74 Å². The molecule has 38 heavy (non-hydrogen) atoms. The molecule has 5 rings (SSSR count). The third kappa shape index (κ3) is 5.71. The van der Waals surface area contributed by atoms with E-state index in [-0.39, 0.29) is 11.7 Å². The highest BCUT2D eigenvalue weighted by molar-refractivity contribution is 7.99. The van der Waals surface area contributed by atoms with Gasteiger partial charge in [-0.25, -0.2) is 0 Å². The minimum absolute atomic E-state index is 0.141. The zero-order chi connectivity index (χ0) is 26.3. The second-order valence-electron chi connectivity index (χ2n) is 8.44. The summed E-state index contributed by atoms with van der Waals surface area (Å²) in [7, 11) is 0. The fraction of sp³-hybridized carbons (Fsp3) is 0.100. The average molecular weight is 522 g/mol. The van der Waals surface area contributed by atoms with Gasteiger partial charge in [0.1, 0.15) is 5.75 Å². The van der Waals surface area contributed by atoms with Crippen LogP contribution in [0.15, 0.2) is 109 Å². The van der Waals surface area contributed by atoms with Gasteiger partial charge in [-0.05, 0) is 53.6 Å². The monoisotopic (exact) mass is 521 g/mol. The first-order valence-electron chi connectivity index (χ1n) is 12.2. The SMILES string of the molecule is C=C(NNC(=O)CSc1nnc(-c2ccccc2)n1-c1ccc(OCC)cc1)c1ccc2ccccc2c1. The van der Waals surface area contributed by atoms with Crippen molar-refractivity contribution in [2.75, 3.05) is 12.4 Å². The normalized spacial score (nSPS) is 10.8. The molecule has 0 aliphatic rings. The van der Waals surface area contributed by atoms with Gasteiger partial charge in [0.15, 0.2) is 11.0 Å². The maximum Gasteiger partial charge on any atom is 0.248 e.